The summed E-state index contributed by atoms with van der Waals surface area (Å²) < 4.78 is 0. The van der Waals surface area contributed by atoms with Crippen LogP contribution in [0.5, 0.6) is 0 Å². The first-order valence-corrected chi connectivity index (χ1v) is 4.70. The predicted molar refractivity (Wildman–Crippen MR) is 54.3 cm³/mol. The molecule has 0 radical (unpaired) electrons. The number of hydrogen-bond donors (Lipinski definition) is 1. The van der Waals surface area contributed by atoms with Crippen LogP contribution < -0.4 is 5.23 Å². The molecule has 0 aromatic carbocycles. The van der Waals surface area contributed by atoms with Crippen LogP contribution in [0.3, 0.4) is 0 Å². The van der Waals surface area contributed by atoms with E-state index in [-0.39, 0.29) is 0 Å². The van der Waals surface area contributed by atoms with Gasteiger partial charge in [0.05, 0.1) is 0 Å². The van der Waals surface area contributed by atoms with Crippen LogP contribution in [-0.2, 0) is 0 Å². The Bertz CT molecular complexity index is 110. The van der Waals surface area contributed by atoms with Crippen LogP contribution in [0, 0.1) is 0 Å². The van der Waals surface area contributed by atoms with Gasteiger partial charge in [-0.15, -0.1) is 0 Å². The van der Waals surface area contributed by atoms with Gasteiger partial charge in [0.1, 0.15) is 0 Å². The van der Waals surface area contributed by atoms with E-state index in [4.69, 9.17) is 0 Å². The van der Waals surface area contributed by atoms with Crippen LogP contribution in [0.2, 0.25) is 0 Å². The van der Waals surface area contributed by atoms with Crippen LogP contribution >= 0.6 is 0 Å². The molecule has 0 aliphatic rings. The minimum absolute atomic E-state index is 1.25. The molecule has 0 heterocycles. The first-order valence-electron chi connectivity index (χ1n) is 4.70. The molecule has 1 nitrogen and oxygen atoms in total. The molecule has 0 bridgehead atoms. The maximum atomic E-state index is 3.10. The van der Waals surface area contributed by atoms with Gasteiger partial charge in [-0.05, 0) is 0 Å². The monoisotopic (exact) mass is 153 g/mol. The second-order valence-corrected chi connectivity index (χ2v) is 2.94. The summed E-state index contributed by atoms with van der Waals surface area (Å²) in [5, 5.41) is 3.10. The summed E-state index contributed by atoms with van der Waals surface area (Å²) in [6, 6.07) is 0. The van der Waals surface area contributed by atoms with Gasteiger partial charge in [0.2, 0.25) is 0 Å². The van der Waals surface area contributed by atoms with Crippen LogP contribution in [0.4, 0.5) is 0 Å². The molecule has 0 amide bonds. The first kappa shape index (κ1) is 10.7. The first-order chi connectivity index (χ1) is 5.35. The second-order valence-electron chi connectivity index (χ2n) is 2.94. The van der Waals surface area contributed by atoms with Gasteiger partial charge in [0.25, 0.3) is 0 Å². The third kappa shape index (κ3) is 6.15. The van der Waals surface area contributed by atoms with Gasteiger partial charge in [-0.2, -0.15) is 0 Å². The molecule has 0 aliphatic carbocycles. The molecule has 1 N–H and O–H groups in total. The molecule has 11 heavy (non-hydrogen) atoms. The van der Waals surface area contributed by atoms with Gasteiger partial charge in [0.15, 0.2) is 0 Å². The average Bonchev–Trinajstić information content (AvgIpc) is 2.01. The van der Waals surface area contributed by atoms with E-state index < -0.39 is 0 Å². The SMILES string of the molecule is CCCC/C(=B\NC)CCC. The van der Waals surface area contributed by atoms with Crippen molar-refractivity contribution >= 4 is 12.5 Å². The van der Waals surface area contributed by atoms with Gasteiger partial charge in [-0.25, -0.2) is 0 Å². The molecule has 64 valence electrons. The molecule has 0 spiro atoms. The van der Waals surface area contributed by atoms with Crippen molar-refractivity contribution in [2.45, 2.75) is 46.0 Å². The zero-order valence-electron chi connectivity index (χ0n) is 8.11. The van der Waals surface area contributed by atoms with Crippen molar-refractivity contribution in [3.05, 3.63) is 0 Å². The normalized spacial score (nSPS) is 11.0. The Hall–Kier alpha value is -0.265. The van der Waals surface area contributed by atoms with Gasteiger partial charge in [0, 0.05) is 0 Å². The van der Waals surface area contributed by atoms with E-state index in [1.54, 1.807) is 5.46 Å². The molecule has 0 fully saturated rings. The summed E-state index contributed by atoms with van der Waals surface area (Å²) in [6.07, 6.45) is 6.40. The van der Waals surface area contributed by atoms with Gasteiger partial charge in [-0.3, -0.25) is 0 Å². The predicted octanol–water partition coefficient (Wildman–Crippen LogP) is 1.99. The van der Waals surface area contributed by atoms with E-state index in [0.29, 0.717) is 0 Å². The Morgan fingerprint density at radius 2 is 1.91 bits per heavy atom. The number of nitrogens with one attached hydrogen (secondary N) is 1. The molecule has 0 atom stereocenters. The van der Waals surface area contributed by atoms with E-state index in [2.05, 4.69) is 26.1 Å². The summed E-state index contributed by atoms with van der Waals surface area (Å²) >= 11 is 0. The third-order valence-corrected chi connectivity index (χ3v) is 1.77. The van der Waals surface area contributed by atoms with Gasteiger partial charge < -0.3 is 0 Å². The molecule has 0 saturated carbocycles. The van der Waals surface area contributed by atoms with Crippen molar-refractivity contribution in [3.8, 4) is 0 Å². The fraction of sp³-hybridized carbons (Fsp3) is 0.889. The van der Waals surface area contributed by atoms with Crippen molar-refractivity contribution in [1.29, 1.82) is 0 Å². The van der Waals surface area contributed by atoms with Gasteiger partial charge in [-0.1, -0.05) is 0 Å². The van der Waals surface area contributed by atoms with Crippen molar-refractivity contribution < 1.29 is 0 Å². The van der Waals surface area contributed by atoms with E-state index >= 15 is 0 Å². The van der Waals surface area contributed by atoms with E-state index in [1.807, 2.05) is 7.05 Å². The summed E-state index contributed by atoms with van der Waals surface area (Å²) in [4.78, 5) is 0. The van der Waals surface area contributed by atoms with Crippen LogP contribution in [0.1, 0.15) is 46.0 Å². The molecule has 0 aromatic heterocycles. The zero-order chi connectivity index (χ0) is 8.53. The molecule has 0 unspecified atom stereocenters. The number of hydrogen-bond acceptors (Lipinski definition) is 1. The summed E-state index contributed by atoms with van der Waals surface area (Å²) in [5.41, 5.74) is 1.57. The van der Waals surface area contributed by atoms with Crippen LogP contribution in [0.25, 0.3) is 0 Å². The van der Waals surface area contributed by atoms with Crippen molar-refractivity contribution in [2.24, 2.45) is 0 Å². The third-order valence-electron chi connectivity index (χ3n) is 1.77. The molecular formula is C9H20BN. The molecule has 0 rings (SSSR count). The summed E-state index contributed by atoms with van der Waals surface area (Å²) in [5.74, 6) is 0. The maximum absolute atomic E-state index is 3.10. The van der Waals surface area contributed by atoms with Gasteiger partial charge >= 0.3 is 70.7 Å². The van der Waals surface area contributed by atoms with Crippen molar-refractivity contribution in [1.82, 2.24) is 5.23 Å². The summed E-state index contributed by atoms with van der Waals surface area (Å²) in [6.45, 7) is 4.47. The zero-order valence-corrected chi connectivity index (χ0v) is 8.11. The second kappa shape index (κ2) is 7.84. The number of rotatable bonds is 6. The van der Waals surface area contributed by atoms with E-state index in [0.717, 1.165) is 0 Å². The Morgan fingerprint density at radius 3 is 2.36 bits per heavy atom. The molecule has 2 heteroatoms. The molecule has 0 saturated heterocycles. The van der Waals surface area contributed by atoms with E-state index in [9.17, 15) is 0 Å². The summed E-state index contributed by atoms with van der Waals surface area (Å²) in [7, 11) is 4.13. The standard InChI is InChI=1S/C9H20BN/c1-4-6-8-9(7-5-2)10-11-3/h11H,4-8H2,1-3H3. The van der Waals surface area contributed by atoms with Crippen molar-refractivity contribution in [3.63, 3.8) is 0 Å². The van der Waals surface area contributed by atoms with Crippen molar-refractivity contribution in [2.75, 3.05) is 7.05 Å². The fourth-order valence-electron chi connectivity index (χ4n) is 1.20. The Kier molecular flexibility index (Phi) is 7.65. The topological polar surface area (TPSA) is 12.0 Å². The quantitative estimate of drug-likeness (QED) is 0.575. The van der Waals surface area contributed by atoms with E-state index in [1.165, 1.54) is 32.1 Å². The Labute approximate surface area is 71.5 Å². The minimum atomic E-state index is 1.25. The Morgan fingerprint density at radius 1 is 1.18 bits per heavy atom. The Balaban J connectivity index is 3.60. The average molecular weight is 153 g/mol. The molecule has 0 aromatic rings. The van der Waals surface area contributed by atoms with Crippen LogP contribution in [-0.4, -0.2) is 19.6 Å². The molecule has 0 aliphatic heterocycles. The van der Waals surface area contributed by atoms with Crippen LogP contribution in [0.15, 0.2) is 0 Å². The number of unbranched alkanes of at least 4 members (excludes halogenated alkanes) is 1. The fourth-order valence-corrected chi connectivity index (χ4v) is 1.20. The molecular weight excluding hydrogens is 133 g/mol.